The molecule has 1 fully saturated rings. The van der Waals surface area contributed by atoms with Crippen LogP contribution < -0.4 is 4.72 Å². The van der Waals surface area contributed by atoms with Gasteiger partial charge in [0.05, 0.1) is 22.2 Å². The van der Waals surface area contributed by atoms with Crippen molar-refractivity contribution in [2.24, 2.45) is 0 Å². The molecule has 6 nitrogen and oxygen atoms in total. The Labute approximate surface area is 132 Å². The van der Waals surface area contributed by atoms with Crippen LogP contribution in [-0.4, -0.2) is 38.7 Å². The molecule has 0 amide bonds. The van der Waals surface area contributed by atoms with E-state index in [4.69, 9.17) is 33.0 Å². The van der Waals surface area contributed by atoms with Gasteiger partial charge in [-0.2, -0.15) is 0 Å². The first-order valence-corrected chi connectivity index (χ1v) is 8.38. The summed E-state index contributed by atoms with van der Waals surface area (Å²) in [5, 5.41) is 8.53. The first-order chi connectivity index (χ1) is 9.85. The van der Waals surface area contributed by atoms with E-state index in [1.807, 2.05) is 0 Å². The SMILES string of the molecule is O=C(OCCO)c1cc(S(=O)(=O)NC2CC2)c(Cl)cc1Cl. The molecule has 21 heavy (non-hydrogen) atoms. The van der Waals surface area contributed by atoms with E-state index in [0.29, 0.717) is 0 Å². The Morgan fingerprint density at radius 1 is 1.33 bits per heavy atom. The fraction of sp³-hybridized carbons (Fsp3) is 0.417. The van der Waals surface area contributed by atoms with Gasteiger partial charge in [-0.25, -0.2) is 17.9 Å². The summed E-state index contributed by atoms with van der Waals surface area (Å²) in [5.41, 5.74) is -0.120. The summed E-state index contributed by atoms with van der Waals surface area (Å²) in [6, 6.07) is 2.17. The summed E-state index contributed by atoms with van der Waals surface area (Å²) >= 11 is 11.8. The van der Waals surface area contributed by atoms with Gasteiger partial charge in [0.25, 0.3) is 0 Å². The van der Waals surface area contributed by atoms with Crippen molar-refractivity contribution in [2.75, 3.05) is 13.2 Å². The van der Waals surface area contributed by atoms with Crippen LogP contribution in [0.2, 0.25) is 10.0 Å². The van der Waals surface area contributed by atoms with Crippen molar-refractivity contribution in [2.45, 2.75) is 23.8 Å². The number of benzene rings is 1. The van der Waals surface area contributed by atoms with E-state index < -0.39 is 16.0 Å². The van der Waals surface area contributed by atoms with E-state index >= 15 is 0 Å². The molecule has 2 rings (SSSR count). The van der Waals surface area contributed by atoms with Crippen LogP contribution in [0.5, 0.6) is 0 Å². The van der Waals surface area contributed by atoms with Crippen molar-refractivity contribution in [3.05, 3.63) is 27.7 Å². The van der Waals surface area contributed by atoms with Crippen molar-refractivity contribution in [3.8, 4) is 0 Å². The second-order valence-corrected chi connectivity index (χ2v) is 7.01. The van der Waals surface area contributed by atoms with E-state index in [2.05, 4.69) is 4.72 Å². The molecule has 0 unspecified atom stereocenters. The molecule has 0 atom stereocenters. The fourth-order valence-electron chi connectivity index (χ4n) is 1.59. The van der Waals surface area contributed by atoms with Crippen LogP contribution in [0.3, 0.4) is 0 Å². The number of halogens is 2. The third-order valence-electron chi connectivity index (χ3n) is 2.75. The van der Waals surface area contributed by atoms with Gasteiger partial charge in [0.15, 0.2) is 0 Å². The molecule has 1 aromatic carbocycles. The molecule has 1 aromatic rings. The maximum absolute atomic E-state index is 12.2. The highest BCUT2D eigenvalue weighted by Crippen LogP contribution is 2.31. The average Bonchev–Trinajstić information content (AvgIpc) is 3.18. The molecule has 0 bridgehead atoms. The summed E-state index contributed by atoms with van der Waals surface area (Å²) in [4.78, 5) is 11.5. The zero-order chi connectivity index (χ0) is 15.6. The van der Waals surface area contributed by atoms with E-state index in [1.54, 1.807) is 0 Å². The highest BCUT2D eigenvalue weighted by molar-refractivity contribution is 7.89. The lowest BCUT2D eigenvalue weighted by Gasteiger charge is -2.11. The monoisotopic (exact) mass is 353 g/mol. The zero-order valence-electron chi connectivity index (χ0n) is 10.8. The van der Waals surface area contributed by atoms with Gasteiger partial charge in [-0.15, -0.1) is 0 Å². The predicted octanol–water partition coefficient (Wildman–Crippen LogP) is 1.58. The predicted molar refractivity (Wildman–Crippen MR) is 77.2 cm³/mol. The van der Waals surface area contributed by atoms with Crippen LogP contribution in [0.15, 0.2) is 17.0 Å². The molecule has 0 saturated heterocycles. The van der Waals surface area contributed by atoms with Gasteiger partial charge >= 0.3 is 5.97 Å². The van der Waals surface area contributed by atoms with E-state index in [-0.39, 0.29) is 39.8 Å². The van der Waals surface area contributed by atoms with Gasteiger partial charge in [-0.3, -0.25) is 0 Å². The van der Waals surface area contributed by atoms with Gasteiger partial charge in [-0.1, -0.05) is 23.2 Å². The number of aliphatic hydroxyl groups is 1. The molecule has 0 spiro atoms. The van der Waals surface area contributed by atoms with Crippen molar-refractivity contribution in [3.63, 3.8) is 0 Å². The molecular weight excluding hydrogens is 341 g/mol. The molecule has 1 saturated carbocycles. The quantitative estimate of drug-likeness (QED) is 0.757. The Hall–Kier alpha value is -0.860. The van der Waals surface area contributed by atoms with E-state index in [0.717, 1.165) is 18.9 Å². The molecule has 9 heteroatoms. The Morgan fingerprint density at radius 3 is 2.57 bits per heavy atom. The molecule has 1 aliphatic rings. The average molecular weight is 354 g/mol. The molecule has 0 aromatic heterocycles. The lowest BCUT2D eigenvalue weighted by atomic mass is 10.2. The highest BCUT2D eigenvalue weighted by atomic mass is 35.5. The largest absolute Gasteiger partial charge is 0.460 e. The number of hydrogen-bond donors (Lipinski definition) is 2. The van der Waals surface area contributed by atoms with Gasteiger partial charge in [0.2, 0.25) is 10.0 Å². The van der Waals surface area contributed by atoms with Gasteiger partial charge in [-0.05, 0) is 25.0 Å². The minimum atomic E-state index is -3.82. The van der Waals surface area contributed by atoms with E-state index in [9.17, 15) is 13.2 Å². The maximum Gasteiger partial charge on any atom is 0.339 e. The van der Waals surface area contributed by atoms with Crippen molar-refractivity contribution >= 4 is 39.2 Å². The Morgan fingerprint density at radius 2 is 2.00 bits per heavy atom. The van der Waals surface area contributed by atoms with Gasteiger partial charge in [0, 0.05) is 6.04 Å². The Balaban J connectivity index is 2.35. The lowest BCUT2D eigenvalue weighted by Crippen LogP contribution is -2.26. The number of carbonyl (C=O) groups is 1. The highest BCUT2D eigenvalue weighted by Gasteiger charge is 2.30. The van der Waals surface area contributed by atoms with Gasteiger partial charge in [0.1, 0.15) is 11.5 Å². The summed E-state index contributed by atoms with van der Waals surface area (Å²) in [5.74, 6) is -0.825. The minimum absolute atomic E-state index is 0.0201. The Bertz CT molecular complexity index is 658. The van der Waals surface area contributed by atoms with Crippen LogP contribution in [0.25, 0.3) is 0 Å². The molecule has 116 valence electrons. The lowest BCUT2D eigenvalue weighted by molar-refractivity contribution is 0.0433. The first kappa shape index (κ1) is 16.5. The number of ether oxygens (including phenoxy) is 1. The minimum Gasteiger partial charge on any atom is -0.460 e. The van der Waals surface area contributed by atoms with Crippen LogP contribution in [-0.2, 0) is 14.8 Å². The second kappa shape index (κ2) is 6.50. The third kappa shape index (κ3) is 4.08. The topological polar surface area (TPSA) is 92.7 Å². The number of carbonyl (C=O) groups excluding carboxylic acids is 1. The van der Waals surface area contributed by atoms with Crippen molar-refractivity contribution in [1.82, 2.24) is 4.72 Å². The van der Waals surface area contributed by atoms with Crippen LogP contribution in [0.1, 0.15) is 23.2 Å². The van der Waals surface area contributed by atoms with Crippen LogP contribution in [0.4, 0.5) is 0 Å². The smallest absolute Gasteiger partial charge is 0.339 e. The van der Waals surface area contributed by atoms with Crippen molar-refractivity contribution in [1.29, 1.82) is 0 Å². The van der Waals surface area contributed by atoms with E-state index in [1.165, 1.54) is 6.07 Å². The normalized spacial score (nSPS) is 15.0. The Kier molecular flexibility index (Phi) is 5.11. The molecule has 0 radical (unpaired) electrons. The van der Waals surface area contributed by atoms with Crippen LogP contribution >= 0.6 is 23.2 Å². The third-order valence-corrected chi connectivity index (χ3v) is 5.05. The zero-order valence-corrected chi connectivity index (χ0v) is 13.1. The number of esters is 1. The second-order valence-electron chi connectivity index (χ2n) is 4.52. The molecule has 1 aliphatic carbocycles. The molecular formula is C12H13Cl2NO5S. The molecule has 2 N–H and O–H groups in total. The molecule has 0 heterocycles. The number of nitrogens with one attached hydrogen (secondary N) is 1. The number of hydrogen-bond acceptors (Lipinski definition) is 5. The summed E-state index contributed by atoms with van der Waals surface area (Å²) < 4.78 is 31.5. The van der Waals surface area contributed by atoms with Gasteiger partial charge < -0.3 is 9.84 Å². The van der Waals surface area contributed by atoms with Crippen molar-refractivity contribution < 1.29 is 23.1 Å². The first-order valence-electron chi connectivity index (χ1n) is 6.14. The standard InChI is InChI=1S/C12H13Cl2NO5S/c13-9-6-10(14)11(21(18,19)15-7-1-2-7)5-8(9)12(17)20-4-3-16/h5-7,15-16H,1-4H2. The van der Waals surface area contributed by atoms with Crippen LogP contribution in [0, 0.1) is 0 Å². The summed E-state index contributed by atoms with van der Waals surface area (Å²) in [6.07, 6.45) is 1.55. The molecule has 0 aliphatic heterocycles. The number of rotatable bonds is 6. The summed E-state index contributed by atoms with van der Waals surface area (Å²) in [6.45, 7) is -0.550. The number of sulfonamides is 1. The maximum atomic E-state index is 12.2. The number of aliphatic hydroxyl groups excluding tert-OH is 1. The summed E-state index contributed by atoms with van der Waals surface area (Å²) in [7, 11) is -3.82. The fourth-order valence-corrected chi connectivity index (χ4v) is 3.75.